The number of hydrogen-bond donors (Lipinski definition) is 2. The summed E-state index contributed by atoms with van der Waals surface area (Å²) < 4.78 is 0. The first-order chi connectivity index (χ1) is 6.56. The van der Waals surface area contributed by atoms with Crippen molar-refractivity contribution in [3.63, 3.8) is 0 Å². The summed E-state index contributed by atoms with van der Waals surface area (Å²) >= 11 is 0. The molecule has 0 heterocycles. The number of carboxylic acid groups (broad SMARTS) is 2. The maximum Gasteiger partial charge on any atom is 0.314 e. The fourth-order valence-corrected chi connectivity index (χ4v) is 2.56. The van der Waals surface area contributed by atoms with Crippen LogP contribution >= 0.6 is 0 Å². The van der Waals surface area contributed by atoms with Crippen LogP contribution in [0.5, 0.6) is 0 Å². The molecule has 0 saturated heterocycles. The second kappa shape index (κ2) is 2.83. The number of fused-ring (bicyclic) bond motifs is 2. The van der Waals surface area contributed by atoms with Crippen molar-refractivity contribution in [2.75, 3.05) is 0 Å². The zero-order valence-electron chi connectivity index (χ0n) is 7.64. The van der Waals surface area contributed by atoms with Crippen molar-refractivity contribution < 1.29 is 19.8 Å². The van der Waals surface area contributed by atoms with Gasteiger partial charge in [0, 0.05) is 0 Å². The molecule has 3 atom stereocenters. The predicted octanol–water partition coefficient (Wildman–Crippen LogP) is 1.13. The van der Waals surface area contributed by atoms with Gasteiger partial charge < -0.3 is 10.2 Å². The van der Waals surface area contributed by atoms with Gasteiger partial charge in [0.25, 0.3) is 0 Å². The molecule has 0 aromatic rings. The SMILES string of the molecule is O=C(O)C1CC2C=CC1(C(=O)O)CC2. The minimum absolute atomic E-state index is 0.261. The number of hydrogen-bond acceptors (Lipinski definition) is 2. The number of allylic oxidation sites excluding steroid dienone is 1. The van der Waals surface area contributed by atoms with E-state index in [9.17, 15) is 9.59 Å². The lowest BCUT2D eigenvalue weighted by Gasteiger charge is -2.43. The Balaban J connectivity index is 2.42. The van der Waals surface area contributed by atoms with Gasteiger partial charge in [0.2, 0.25) is 0 Å². The van der Waals surface area contributed by atoms with Crippen molar-refractivity contribution in [3.8, 4) is 0 Å². The molecule has 3 rings (SSSR count). The summed E-state index contributed by atoms with van der Waals surface area (Å²) in [5.41, 5.74) is -1.14. The Kier molecular flexibility index (Phi) is 1.87. The Morgan fingerprint density at radius 2 is 2.07 bits per heavy atom. The van der Waals surface area contributed by atoms with Gasteiger partial charge in [-0.25, -0.2) is 0 Å². The zero-order valence-corrected chi connectivity index (χ0v) is 7.64. The summed E-state index contributed by atoms with van der Waals surface area (Å²) in [4.78, 5) is 22.1. The summed E-state index contributed by atoms with van der Waals surface area (Å²) in [6.07, 6.45) is 5.17. The van der Waals surface area contributed by atoms with Crippen molar-refractivity contribution in [1.29, 1.82) is 0 Å². The van der Waals surface area contributed by atoms with E-state index in [1.807, 2.05) is 6.08 Å². The first-order valence-electron chi connectivity index (χ1n) is 4.72. The van der Waals surface area contributed by atoms with Crippen LogP contribution in [-0.2, 0) is 9.59 Å². The van der Waals surface area contributed by atoms with Crippen molar-refractivity contribution >= 4 is 11.9 Å². The van der Waals surface area contributed by atoms with Gasteiger partial charge in [0.1, 0.15) is 0 Å². The van der Waals surface area contributed by atoms with Crippen LogP contribution < -0.4 is 0 Å². The maximum atomic E-state index is 11.1. The average Bonchev–Trinajstić information content (AvgIpc) is 2.19. The van der Waals surface area contributed by atoms with Crippen molar-refractivity contribution in [2.45, 2.75) is 19.3 Å². The molecule has 3 unspecified atom stereocenters. The molecule has 4 nitrogen and oxygen atoms in total. The van der Waals surface area contributed by atoms with Gasteiger partial charge in [-0.05, 0) is 25.2 Å². The largest absolute Gasteiger partial charge is 0.481 e. The van der Waals surface area contributed by atoms with Gasteiger partial charge >= 0.3 is 11.9 Å². The standard InChI is InChI=1S/C10H12O4/c11-8(12)7-5-6-1-3-10(7,4-2-6)9(13)14/h1,3,6-7H,2,4-5H2,(H,11,12)(H,13,14). The van der Waals surface area contributed by atoms with Gasteiger partial charge in [0.15, 0.2) is 0 Å². The predicted molar refractivity (Wildman–Crippen MR) is 47.7 cm³/mol. The van der Waals surface area contributed by atoms with E-state index in [0.29, 0.717) is 12.8 Å². The third-order valence-electron chi connectivity index (χ3n) is 3.45. The second-order valence-corrected chi connectivity index (χ2v) is 4.13. The Hall–Kier alpha value is -1.32. The van der Waals surface area contributed by atoms with E-state index >= 15 is 0 Å². The van der Waals surface area contributed by atoms with Crippen LogP contribution in [-0.4, -0.2) is 22.2 Å². The number of rotatable bonds is 2. The fourth-order valence-electron chi connectivity index (χ4n) is 2.56. The summed E-state index contributed by atoms with van der Waals surface area (Å²) in [6, 6.07) is 0. The smallest absolute Gasteiger partial charge is 0.314 e. The lowest BCUT2D eigenvalue weighted by molar-refractivity contribution is -0.163. The average molecular weight is 196 g/mol. The van der Waals surface area contributed by atoms with Crippen molar-refractivity contribution in [1.82, 2.24) is 0 Å². The molecule has 14 heavy (non-hydrogen) atoms. The number of carbonyl (C=O) groups is 2. The van der Waals surface area contributed by atoms with E-state index in [4.69, 9.17) is 10.2 Å². The molecule has 3 aliphatic rings. The topological polar surface area (TPSA) is 74.6 Å². The Labute approximate surface area is 81.2 Å². The summed E-state index contributed by atoms with van der Waals surface area (Å²) in [5.74, 6) is -2.47. The molecule has 0 aromatic heterocycles. The van der Waals surface area contributed by atoms with Crippen LogP contribution in [0.3, 0.4) is 0 Å². The molecule has 0 aliphatic heterocycles. The van der Waals surface area contributed by atoms with Crippen LogP contribution in [0.2, 0.25) is 0 Å². The summed E-state index contributed by atoms with van der Waals surface area (Å²) in [7, 11) is 0. The minimum Gasteiger partial charge on any atom is -0.481 e. The molecule has 0 aromatic carbocycles. The third-order valence-corrected chi connectivity index (χ3v) is 3.45. The second-order valence-electron chi connectivity index (χ2n) is 4.13. The summed E-state index contributed by atoms with van der Waals surface area (Å²) in [5, 5.41) is 18.1. The van der Waals surface area contributed by atoms with Gasteiger partial charge in [-0.2, -0.15) is 0 Å². The highest BCUT2D eigenvalue weighted by molar-refractivity contribution is 5.86. The Morgan fingerprint density at radius 3 is 2.43 bits per heavy atom. The lowest BCUT2D eigenvalue weighted by Crippen LogP contribution is -2.47. The van der Waals surface area contributed by atoms with E-state index in [1.165, 1.54) is 0 Å². The summed E-state index contributed by atoms with van der Waals surface area (Å²) in [6.45, 7) is 0. The van der Waals surface area contributed by atoms with Crippen molar-refractivity contribution in [3.05, 3.63) is 12.2 Å². The fraction of sp³-hybridized carbons (Fsp3) is 0.600. The molecule has 2 N–H and O–H groups in total. The number of carboxylic acids is 2. The molecule has 4 heteroatoms. The maximum absolute atomic E-state index is 11.1. The monoisotopic (exact) mass is 196 g/mol. The molecule has 0 amide bonds. The normalized spacial score (nSPS) is 39.7. The van der Waals surface area contributed by atoms with Crippen molar-refractivity contribution in [2.24, 2.45) is 17.3 Å². The molecule has 1 fully saturated rings. The van der Waals surface area contributed by atoms with Gasteiger partial charge in [-0.1, -0.05) is 12.2 Å². The van der Waals surface area contributed by atoms with Gasteiger partial charge in [-0.15, -0.1) is 0 Å². The first kappa shape index (κ1) is 9.24. The van der Waals surface area contributed by atoms with Crippen LogP contribution in [0.15, 0.2) is 12.2 Å². The van der Waals surface area contributed by atoms with E-state index in [1.54, 1.807) is 6.08 Å². The highest BCUT2D eigenvalue weighted by Crippen LogP contribution is 2.49. The molecule has 0 spiro atoms. The van der Waals surface area contributed by atoms with Crippen LogP contribution in [0.1, 0.15) is 19.3 Å². The first-order valence-corrected chi connectivity index (χ1v) is 4.72. The molecular weight excluding hydrogens is 184 g/mol. The molecule has 0 radical (unpaired) electrons. The molecule has 76 valence electrons. The zero-order chi connectivity index (χ0) is 10.3. The highest BCUT2D eigenvalue weighted by Gasteiger charge is 2.53. The van der Waals surface area contributed by atoms with Crippen LogP contribution in [0.25, 0.3) is 0 Å². The van der Waals surface area contributed by atoms with Crippen LogP contribution in [0.4, 0.5) is 0 Å². The van der Waals surface area contributed by atoms with Gasteiger partial charge in [0.05, 0.1) is 11.3 Å². The molecule has 3 aliphatic carbocycles. The quantitative estimate of drug-likeness (QED) is 0.649. The lowest BCUT2D eigenvalue weighted by atomic mass is 9.59. The van der Waals surface area contributed by atoms with Crippen LogP contribution in [0, 0.1) is 17.3 Å². The molecular formula is C10H12O4. The van der Waals surface area contributed by atoms with E-state index < -0.39 is 23.3 Å². The van der Waals surface area contributed by atoms with E-state index in [0.717, 1.165) is 6.42 Å². The molecule has 1 saturated carbocycles. The Bertz CT molecular complexity index is 320. The third kappa shape index (κ3) is 1.06. The van der Waals surface area contributed by atoms with E-state index in [-0.39, 0.29) is 5.92 Å². The highest BCUT2D eigenvalue weighted by atomic mass is 16.4. The Morgan fingerprint density at radius 1 is 1.36 bits per heavy atom. The number of aliphatic carboxylic acids is 2. The molecule has 2 bridgehead atoms. The minimum atomic E-state index is -1.14. The van der Waals surface area contributed by atoms with E-state index in [2.05, 4.69) is 0 Å². The van der Waals surface area contributed by atoms with Gasteiger partial charge in [-0.3, -0.25) is 9.59 Å².